The van der Waals surface area contributed by atoms with E-state index < -0.39 is 0 Å². The smallest absolute Gasteiger partial charge is 0.00519 e. The molecular weight excluding hydrogens is 184 g/mol. The van der Waals surface area contributed by atoms with Gasteiger partial charge in [-0.15, -0.1) is 13.2 Å². The molecule has 0 aliphatic heterocycles. The maximum atomic E-state index is 4.86. The molecule has 0 saturated carbocycles. The van der Waals surface area contributed by atoms with Gasteiger partial charge in [0.05, 0.1) is 0 Å². The Hall–Kier alpha value is -0.600. The second-order valence-electron chi connectivity index (χ2n) is 2.27. The van der Waals surface area contributed by atoms with E-state index in [-0.39, 0.29) is 0 Å². The molecule has 0 aromatic heterocycles. The first-order chi connectivity index (χ1) is 5.79. The van der Waals surface area contributed by atoms with Crippen LogP contribution in [0.5, 0.6) is 0 Å². The summed E-state index contributed by atoms with van der Waals surface area (Å²) in [7, 11) is 0. The SMILES string of the molecule is C=CC/C(C=S)=C(\C=S)CC=C. The third-order valence-corrected chi connectivity index (χ3v) is 1.99. The van der Waals surface area contributed by atoms with Crippen LogP contribution in [0.25, 0.3) is 0 Å². The van der Waals surface area contributed by atoms with Crippen molar-refractivity contribution in [2.45, 2.75) is 12.8 Å². The Bertz CT molecular complexity index is 200. The molecule has 0 rings (SSSR count). The second-order valence-corrected chi connectivity index (χ2v) is 2.74. The summed E-state index contributed by atoms with van der Waals surface area (Å²) < 4.78 is 0. The molecule has 0 fully saturated rings. The van der Waals surface area contributed by atoms with E-state index in [2.05, 4.69) is 13.2 Å². The van der Waals surface area contributed by atoms with Gasteiger partial charge in [-0.1, -0.05) is 36.6 Å². The van der Waals surface area contributed by atoms with Crippen molar-refractivity contribution in [3.63, 3.8) is 0 Å². The lowest BCUT2D eigenvalue weighted by Crippen LogP contribution is -1.91. The Balaban J connectivity index is 4.70. The molecule has 0 aliphatic rings. The van der Waals surface area contributed by atoms with Crippen LogP contribution >= 0.6 is 24.4 Å². The van der Waals surface area contributed by atoms with Crippen molar-refractivity contribution in [1.82, 2.24) is 0 Å². The minimum absolute atomic E-state index is 0.778. The lowest BCUT2D eigenvalue weighted by atomic mass is 10.1. The van der Waals surface area contributed by atoms with Gasteiger partial charge in [0.25, 0.3) is 0 Å². The highest BCUT2D eigenvalue weighted by atomic mass is 32.1. The molecule has 0 heterocycles. The molecule has 0 radical (unpaired) electrons. The van der Waals surface area contributed by atoms with Gasteiger partial charge in [-0.05, 0) is 24.0 Å². The molecule has 2 heteroatoms. The van der Waals surface area contributed by atoms with E-state index in [0.29, 0.717) is 0 Å². The Morgan fingerprint density at radius 1 is 0.917 bits per heavy atom. The zero-order valence-corrected chi connectivity index (χ0v) is 8.59. The average Bonchev–Trinajstić information content (AvgIpc) is 2.11. The maximum absolute atomic E-state index is 4.86. The third-order valence-electron chi connectivity index (χ3n) is 1.43. The highest BCUT2D eigenvalue weighted by Gasteiger charge is 1.97. The topological polar surface area (TPSA) is 0 Å². The minimum Gasteiger partial charge on any atom is -0.103 e. The van der Waals surface area contributed by atoms with Gasteiger partial charge in [-0.2, -0.15) is 0 Å². The van der Waals surface area contributed by atoms with Crippen LogP contribution in [0.3, 0.4) is 0 Å². The van der Waals surface area contributed by atoms with Crippen molar-refractivity contribution in [2.24, 2.45) is 0 Å². The van der Waals surface area contributed by atoms with Crippen molar-refractivity contribution < 1.29 is 0 Å². The second kappa shape index (κ2) is 7.07. The van der Waals surface area contributed by atoms with Gasteiger partial charge in [0.1, 0.15) is 0 Å². The normalized spacial score (nSPS) is 11.3. The van der Waals surface area contributed by atoms with Gasteiger partial charge in [0.15, 0.2) is 0 Å². The van der Waals surface area contributed by atoms with Crippen molar-refractivity contribution in [2.75, 3.05) is 0 Å². The number of allylic oxidation sites excluding steroid dienone is 4. The summed E-state index contributed by atoms with van der Waals surface area (Å²) >= 11 is 9.73. The van der Waals surface area contributed by atoms with E-state index >= 15 is 0 Å². The fourth-order valence-corrected chi connectivity index (χ4v) is 1.32. The highest BCUT2D eigenvalue weighted by molar-refractivity contribution is 7.79. The van der Waals surface area contributed by atoms with Gasteiger partial charge in [-0.25, -0.2) is 0 Å². The molecular formula is C10H12S2. The van der Waals surface area contributed by atoms with E-state index in [1.54, 1.807) is 10.7 Å². The lowest BCUT2D eigenvalue weighted by Gasteiger charge is -2.01. The standard InChI is InChI=1S/C10H12S2/c1-3-5-9(7-11)10(8-12)6-4-2/h3-4,7-8H,1-2,5-6H2/b10-9+. The Morgan fingerprint density at radius 2 is 1.25 bits per heavy atom. The Kier molecular flexibility index (Phi) is 6.72. The van der Waals surface area contributed by atoms with Crippen LogP contribution in [-0.2, 0) is 0 Å². The fraction of sp³-hybridized carbons (Fsp3) is 0.200. The molecule has 0 bridgehead atoms. The number of thiocarbonyl (C=S) groups is 2. The molecule has 0 aromatic rings. The highest BCUT2D eigenvalue weighted by Crippen LogP contribution is 2.10. The molecule has 0 nitrogen and oxygen atoms in total. The van der Waals surface area contributed by atoms with Crippen molar-refractivity contribution >= 4 is 35.2 Å². The largest absolute Gasteiger partial charge is 0.103 e. The molecule has 0 aromatic carbocycles. The summed E-state index contributed by atoms with van der Waals surface area (Å²) in [5.74, 6) is 0. The van der Waals surface area contributed by atoms with Gasteiger partial charge in [-0.3, -0.25) is 0 Å². The van der Waals surface area contributed by atoms with Gasteiger partial charge in [0, 0.05) is 10.7 Å². The Labute approximate surface area is 84.7 Å². The summed E-state index contributed by atoms with van der Waals surface area (Å²) in [6, 6.07) is 0. The molecule has 0 amide bonds. The van der Waals surface area contributed by atoms with Crippen LogP contribution in [0.15, 0.2) is 36.5 Å². The summed E-state index contributed by atoms with van der Waals surface area (Å²) in [4.78, 5) is 0. The molecule has 0 N–H and O–H groups in total. The monoisotopic (exact) mass is 196 g/mol. The molecule has 0 aliphatic carbocycles. The molecule has 12 heavy (non-hydrogen) atoms. The van der Waals surface area contributed by atoms with Crippen LogP contribution in [-0.4, -0.2) is 10.7 Å². The average molecular weight is 196 g/mol. The molecule has 0 unspecified atom stereocenters. The van der Waals surface area contributed by atoms with E-state index in [9.17, 15) is 0 Å². The van der Waals surface area contributed by atoms with Crippen LogP contribution in [0, 0.1) is 0 Å². The van der Waals surface area contributed by atoms with Crippen molar-refractivity contribution in [1.29, 1.82) is 0 Å². The van der Waals surface area contributed by atoms with Crippen LogP contribution in [0.2, 0.25) is 0 Å². The first-order valence-corrected chi connectivity index (χ1v) is 4.58. The summed E-state index contributed by atoms with van der Waals surface area (Å²) in [5.41, 5.74) is 2.13. The quantitative estimate of drug-likeness (QED) is 0.362. The zero-order chi connectivity index (χ0) is 9.40. The number of hydrogen-bond donors (Lipinski definition) is 0. The molecule has 0 spiro atoms. The number of rotatable bonds is 6. The van der Waals surface area contributed by atoms with Crippen LogP contribution in [0.4, 0.5) is 0 Å². The summed E-state index contributed by atoms with van der Waals surface area (Å²) in [6.45, 7) is 7.30. The summed E-state index contributed by atoms with van der Waals surface area (Å²) in [6.07, 6.45) is 5.19. The maximum Gasteiger partial charge on any atom is 0.00519 e. The van der Waals surface area contributed by atoms with E-state index in [1.165, 1.54) is 0 Å². The third kappa shape index (κ3) is 3.69. The van der Waals surface area contributed by atoms with Crippen LogP contribution < -0.4 is 0 Å². The zero-order valence-electron chi connectivity index (χ0n) is 6.95. The van der Waals surface area contributed by atoms with Gasteiger partial charge >= 0.3 is 0 Å². The van der Waals surface area contributed by atoms with Crippen molar-refractivity contribution in [3.05, 3.63) is 36.5 Å². The predicted octanol–water partition coefficient (Wildman–Crippen LogP) is 3.43. The van der Waals surface area contributed by atoms with E-state index in [0.717, 1.165) is 24.0 Å². The minimum atomic E-state index is 0.778. The first-order valence-electron chi connectivity index (χ1n) is 3.64. The Morgan fingerprint density at radius 3 is 1.42 bits per heavy atom. The summed E-state index contributed by atoms with van der Waals surface area (Å²) in [5, 5.41) is 3.31. The van der Waals surface area contributed by atoms with Gasteiger partial charge in [0.2, 0.25) is 0 Å². The number of hydrogen-bond acceptors (Lipinski definition) is 2. The first kappa shape index (κ1) is 11.4. The fourth-order valence-electron chi connectivity index (χ4n) is 0.821. The molecule has 0 atom stereocenters. The molecule has 64 valence electrons. The van der Waals surface area contributed by atoms with Crippen molar-refractivity contribution in [3.8, 4) is 0 Å². The van der Waals surface area contributed by atoms with Gasteiger partial charge < -0.3 is 0 Å². The van der Waals surface area contributed by atoms with E-state index in [1.807, 2.05) is 12.2 Å². The van der Waals surface area contributed by atoms with Crippen LogP contribution in [0.1, 0.15) is 12.8 Å². The molecule has 0 saturated heterocycles. The van der Waals surface area contributed by atoms with E-state index in [4.69, 9.17) is 24.4 Å². The predicted molar refractivity (Wildman–Crippen MR) is 64.0 cm³/mol. The lowest BCUT2D eigenvalue weighted by molar-refractivity contribution is 1.24.